The summed E-state index contributed by atoms with van der Waals surface area (Å²) in [6, 6.07) is 4.62. The van der Waals surface area contributed by atoms with E-state index in [9.17, 15) is 23.1 Å². The molecule has 32 heavy (non-hydrogen) atoms. The number of fused-ring (bicyclic) bond motifs is 1. The summed E-state index contributed by atoms with van der Waals surface area (Å²) in [6.45, 7) is 5.21. The molecule has 0 aliphatic carbocycles. The summed E-state index contributed by atoms with van der Waals surface area (Å²) < 4.78 is 55.1. The predicted octanol–water partition coefficient (Wildman–Crippen LogP) is 3.35. The van der Waals surface area contributed by atoms with E-state index in [2.05, 4.69) is 11.9 Å². The van der Waals surface area contributed by atoms with Gasteiger partial charge in [0, 0.05) is 24.2 Å². The summed E-state index contributed by atoms with van der Waals surface area (Å²) in [7, 11) is 0. The van der Waals surface area contributed by atoms with Gasteiger partial charge in [-0.3, -0.25) is 4.79 Å². The number of hydrogen-bond donors (Lipinski definition) is 3. The van der Waals surface area contributed by atoms with E-state index < -0.39 is 29.9 Å². The van der Waals surface area contributed by atoms with E-state index in [1.807, 2.05) is 0 Å². The Hall–Kier alpha value is -2.98. The molecule has 10 heteroatoms. The first-order valence-electron chi connectivity index (χ1n) is 9.95. The molecule has 3 rings (SSSR count). The average molecular weight is 454 g/mol. The Balaban J connectivity index is 1.87. The molecule has 2 heterocycles. The van der Waals surface area contributed by atoms with Gasteiger partial charge in [-0.05, 0) is 38.0 Å². The minimum Gasteiger partial charge on any atom is -0.489 e. The molecule has 1 amide bonds. The fourth-order valence-corrected chi connectivity index (χ4v) is 3.64. The van der Waals surface area contributed by atoms with E-state index in [0.717, 1.165) is 6.08 Å². The lowest BCUT2D eigenvalue weighted by molar-refractivity contribution is -0.0936. The zero-order chi connectivity index (χ0) is 23.5. The zero-order valence-electron chi connectivity index (χ0n) is 17.6. The number of allylic oxidation sites excluding steroid dienone is 1. The molecule has 1 atom stereocenters. The molecule has 1 fully saturated rings. The van der Waals surface area contributed by atoms with Gasteiger partial charge in [-0.25, -0.2) is 0 Å². The summed E-state index contributed by atoms with van der Waals surface area (Å²) in [5, 5.41) is 12.8. The van der Waals surface area contributed by atoms with E-state index in [0.29, 0.717) is 42.8 Å². The fraction of sp³-hybridized carbons (Fsp3) is 0.409. The number of aliphatic hydroxyl groups is 1. The van der Waals surface area contributed by atoms with E-state index >= 15 is 0 Å². The Morgan fingerprint density at radius 1 is 1.44 bits per heavy atom. The molecule has 0 spiro atoms. The van der Waals surface area contributed by atoms with Crippen LogP contribution in [0.3, 0.4) is 0 Å². The number of carbonyl (C=O) groups is 1. The molecule has 174 valence electrons. The third-order valence-corrected chi connectivity index (χ3v) is 5.43. The monoisotopic (exact) mass is 454 g/mol. The minimum absolute atomic E-state index is 0.104. The van der Waals surface area contributed by atoms with Crippen molar-refractivity contribution in [3.8, 4) is 5.75 Å². The number of amides is 1. The first-order valence-corrected chi connectivity index (χ1v) is 9.95. The second-order valence-electron chi connectivity index (χ2n) is 7.63. The number of nitrogens with two attached hydrogens (primary N) is 1. The van der Waals surface area contributed by atoms with Gasteiger partial charge < -0.3 is 30.0 Å². The number of rotatable bonds is 8. The lowest BCUT2D eigenvalue weighted by atomic mass is 9.94. The lowest BCUT2D eigenvalue weighted by Crippen LogP contribution is -2.49. The molecule has 1 saturated heterocycles. The summed E-state index contributed by atoms with van der Waals surface area (Å²) in [6.07, 6.45) is -2.79. The van der Waals surface area contributed by atoms with Crippen molar-refractivity contribution in [2.75, 3.05) is 26.4 Å². The third-order valence-electron chi connectivity index (χ3n) is 5.43. The molecule has 0 radical (unpaired) electrons. The van der Waals surface area contributed by atoms with Crippen LogP contribution in [0.4, 0.5) is 13.2 Å². The van der Waals surface area contributed by atoms with Crippen molar-refractivity contribution in [1.82, 2.24) is 5.32 Å². The number of furan rings is 1. The zero-order valence-corrected chi connectivity index (χ0v) is 17.6. The molecule has 1 aromatic heterocycles. The van der Waals surface area contributed by atoms with E-state index in [1.165, 1.54) is 12.1 Å². The van der Waals surface area contributed by atoms with Gasteiger partial charge >= 0.3 is 6.18 Å². The summed E-state index contributed by atoms with van der Waals surface area (Å²) in [5.41, 5.74) is 3.61. The largest absolute Gasteiger partial charge is 0.489 e. The van der Waals surface area contributed by atoms with Crippen molar-refractivity contribution in [2.45, 2.75) is 31.5 Å². The Morgan fingerprint density at radius 2 is 2.19 bits per heavy atom. The van der Waals surface area contributed by atoms with Gasteiger partial charge in [0.15, 0.2) is 0 Å². The van der Waals surface area contributed by atoms with Crippen LogP contribution in [-0.2, 0) is 4.74 Å². The number of aryl methyl sites for hydroxylation is 1. The summed E-state index contributed by atoms with van der Waals surface area (Å²) >= 11 is 0. The van der Waals surface area contributed by atoms with Gasteiger partial charge in [-0.2, -0.15) is 13.2 Å². The number of nitrogens with one attached hydrogen (secondary N) is 1. The maximum atomic E-state index is 13.1. The molecule has 1 aliphatic heterocycles. The standard InChI is InChI=1S/C22H25F3N2O5/c1-3-14(19(26)22(23,24)25)11-31-15-4-5-17-16(10-15)18(13(2)32-17)20(29)27-21(6-8-28)7-9-30-12-21/h3-5,10,28H,1,6-9,11-12,26H2,2H3,(H,27,29)/b19-14+. The molecule has 4 N–H and O–H groups in total. The maximum absolute atomic E-state index is 13.1. The molecular formula is C22H25F3N2O5. The van der Waals surface area contributed by atoms with Crippen LogP contribution in [0.2, 0.25) is 0 Å². The van der Waals surface area contributed by atoms with E-state index in [1.54, 1.807) is 13.0 Å². The third kappa shape index (κ3) is 4.91. The highest BCUT2D eigenvalue weighted by molar-refractivity contribution is 6.07. The van der Waals surface area contributed by atoms with Crippen LogP contribution >= 0.6 is 0 Å². The predicted molar refractivity (Wildman–Crippen MR) is 111 cm³/mol. The smallest absolute Gasteiger partial charge is 0.431 e. The Bertz CT molecular complexity index is 1040. The number of halogens is 3. The highest BCUT2D eigenvalue weighted by atomic mass is 19.4. The Labute approximate surface area is 182 Å². The van der Waals surface area contributed by atoms with Crippen molar-refractivity contribution < 1.29 is 37.0 Å². The molecule has 7 nitrogen and oxygen atoms in total. The van der Waals surface area contributed by atoms with Crippen LogP contribution in [0.15, 0.2) is 46.5 Å². The number of hydrogen-bond acceptors (Lipinski definition) is 6. The van der Waals surface area contributed by atoms with Crippen LogP contribution in [0.5, 0.6) is 5.75 Å². The van der Waals surface area contributed by atoms with Crippen LogP contribution in [-0.4, -0.2) is 49.2 Å². The van der Waals surface area contributed by atoms with Crippen LogP contribution in [0.25, 0.3) is 11.0 Å². The number of benzene rings is 1. The van der Waals surface area contributed by atoms with Gasteiger partial charge in [-0.1, -0.05) is 12.7 Å². The van der Waals surface area contributed by atoms with E-state index in [-0.39, 0.29) is 23.5 Å². The quantitative estimate of drug-likeness (QED) is 0.528. The van der Waals surface area contributed by atoms with Gasteiger partial charge in [0.2, 0.25) is 0 Å². The average Bonchev–Trinajstić information content (AvgIpc) is 3.30. The SMILES string of the molecule is C=C/C(COc1ccc2oc(C)c(C(=O)NC3(CCO)CCOC3)c2c1)=C(\N)C(F)(F)F. The van der Waals surface area contributed by atoms with E-state index in [4.69, 9.17) is 19.6 Å². The molecular weight excluding hydrogens is 429 g/mol. The van der Waals surface area contributed by atoms with Crippen molar-refractivity contribution in [2.24, 2.45) is 5.73 Å². The fourth-order valence-electron chi connectivity index (χ4n) is 3.64. The second kappa shape index (κ2) is 9.25. The molecule has 2 aromatic rings. The number of alkyl halides is 3. The topological polar surface area (TPSA) is 107 Å². The lowest BCUT2D eigenvalue weighted by Gasteiger charge is -2.28. The minimum atomic E-state index is -4.70. The molecule has 1 aromatic carbocycles. The highest BCUT2D eigenvalue weighted by Gasteiger charge is 2.37. The van der Waals surface area contributed by atoms with Crippen LogP contribution in [0.1, 0.15) is 29.0 Å². The summed E-state index contributed by atoms with van der Waals surface area (Å²) in [4.78, 5) is 13.1. The Kier molecular flexibility index (Phi) is 6.85. The van der Waals surface area contributed by atoms with Gasteiger partial charge in [0.05, 0.1) is 17.7 Å². The van der Waals surface area contributed by atoms with Crippen molar-refractivity contribution in [1.29, 1.82) is 0 Å². The molecule has 1 unspecified atom stereocenters. The number of carbonyl (C=O) groups excluding carboxylic acids is 1. The normalized spacial score (nSPS) is 19.7. The molecule has 1 aliphatic rings. The number of aliphatic hydroxyl groups excluding tert-OH is 1. The van der Waals surface area contributed by atoms with Crippen molar-refractivity contribution in [3.63, 3.8) is 0 Å². The number of ether oxygens (including phenoxy) is 2. The van der Waals surface area contributed by atoms with Gasteiger partial charge in [0.1, 0.15) is 29.4 Å². The first-order chi connectivity index (χ1) is 15.1. The summed E-state index contributed by atoms with van der Waals surface area (Å²) in [5.74, 6) is 0.210. The van der Waals surface area contributed by atoms with Crippen molar-refractivity contribution in [3.05, 3.63) is 53.4 Å². The Morgan fingerprint density at radius 3 is 2.78 bits per heavy atom. The molecule has 0 saturated carbocycles. The highest BCUT2D eigenvalue weighted by Crippen LogP contribution is 2.31. The van der Waals surface area contributed by atoms with Crippen LogP contribution in [0, 0.1) is 6.92 Å². The molecule has 0 bridgehead atoms. The van der Waals surface area contributed by atoms with Gasteiger partial charge in [-0.15, -0.1) is 0 Å². The maximum Gasteiger partial charge on any atom is 0.431 e. The van der Waals surface area contributed by atoms with Crippen molar-refractivity contribution >= 4 is 16.9 Å². The first kappa shape index (κ1) is 23.7. The second-order valence-corrected chi connectivity index (χ2v) is 7.63. The van der Waals surface area contributed by atoms with Gasteiger partial charge in [0.25, 0.3) is 5.91 Å². The van der Waals surface area contributed by atoms with Crippen LogP contribution < -0.4 is 15.8 Å².